The van der Waals surface area contributed by atoms with E-state index in [0.717, 1.165) is 5.56 Å². The Bertz CT molecular complexity index is 942. The minimum absolute atomic E-state index is 0.0802. The lowest BCUT2D eigenvalue weighted by Gasteiger charge is -2.19. The molecule has 0 aromatic heterocycles. The van der Waals surface area contributed by atoms with Crippen LogP contribution in [0.1, 0.15) is 39.2 Å². The van der Waals surface area contributed by atoms with E-state index in [1.165, 1.54) is 0 Å². The molecule has 2 aromatic carbocycles. The second-order valence-corrected chi connectivity index (χ2v) is 8.67. The normalized spacial score (nSPS) is 10.8. The molecule has 0 saturated heterocycles. The van der Waals surface area contributed by atoms with Crippen LogP contribution < -0.4 is 20.7 Å². The van der Waals surface area contributed by atoms with Gasteiger partial charge in [0.05, 0.1) is 11.6 Å². The molecule has 178 valence electrons. The van der Waals surface area contributed by atoms with Gasteiger partial charge in [-0.05, 0) is 57.0 Å². The minimum Gasteiger partial charge on any atom is -0.492 e. The van der Waals surface area contributed by atoms with Crippen LogP contribution in [0.2, 0.25) is 5.02 Å². The highest BCUT2D eigenvalue weighted by atomic mass is 35.5. The zero-order chi connectivity index (χ0) is 24.3. The molecule has 0 spiro atoms. The summed E-state index contributed by atoms with van der Waals surface area (Å²) < 4.78 is 10.6. The third-order valence-electron chi connectivity index (χ3n) is 4.16. The number of hydrogen-bond donors (Lipinski definition) is 3. The third kappa shape index (κ3) is 10.7. The highest BCUT2D eigenvalue weighted by molar-refractivity contribution is 6.32. The number of amides is 3. The number of carbonyl (C=O) groups is 3. The first-order chi connectivity index (χ1) is 15.6. The van der Waals surface area contributed by atoms with Gasteiger partial charge in [0.1, 0.15) is 17.9 Å². The van der Waals surface area contributed by atoms with E-state index in [4.69, 9.17) is 21.1 Å². The molecule has 0 radical (unpaired) electrons. The molecule has 0 unspecified atom stereocenters. The summed E-state index contributed by atoms with van der Waals surface area (Å²) in [5.41, 5.74) is 0.842. The van der Waals surface area contributed by atoms with Crippen LogP contribution >= 0.6 is 11.6 Å². The Morgan fingerprint density at radius 2 is 1.64 bits per heavy atom. The second-order valence-electron chi connectivity index (χ2n) is 8.26. The minimum atomic E-state index is -0.654. The average Bonchev–Trinajstić information content (AvgIpc) is 2.75. The van der Waals surface area contributed by atoms with E-state index in [2.05, 4.69) is 16.0 Å². The van der Waals surface area contributed by atoms with Gasteiger partial charge >= 0.3 is 6.09 Å². The topological polar surface area (TPSA) is 106 Å². The predicted octanol–water partition coefficient (Wildman–Crippen LogP) is 4.28. The number of para-hydroxylation sites is 1. The average molecular weight is 476 g/mol. The highest BCUT2D eigenvalue weighted by Gasteiger charge is 2.16. The molecule has 0 aliphatic heterocycles. The van der Waals surface area contributed by atoms with Crippen molar-refractivity contribution in [3.05, 3.63) is 59.1 Å². The Hall–Kier alpha value is -3.26. The smallest absolute Gasteiger partial charge is 0.408 e. The molecule has 0 saturated carbocycles. The molecule has 3 amide bonds. The number of hydrogen-bond acceptors (Lipinski definition) is 5. The summed E-state index contributed by atoms with van der Waals surface area (Å²) >= 11 is 6.02. The first kappa shape index (κ1) is 26.0. The Labute approximate surface area is 199 Å². The fraction of sp³-hybridized carbons (Fsp3) is 0.375. The Kier molecular flexibility index (Phi) is 10.00. The van der Waals surface area contributed by atoms with Gasteiger partial charge in [-0.1, -0.05) is 35.9 Å². The lowest BCUT2D eigenvalue weighted by molar-refractivity contribution is -0.121. The van der Waals surface area contributed by atoms with E-state index >= 15 is 0 Å². The van der Waals surface area contributed by atoms with Crippen molar-refractivity contribution >= 4 is 35.2 Å². The number of benzene rings is 2. The molecule has 3 N–H and O–H groups in total. The van der Waals surface area contributed by atoms with Crippen LogP contribution in [0.15, 0.2) is 48.5 Å². The van der Waals surface area contributed by atoms with Gasteiger partial charge in [-0.3, -0.25) is 9.59 Å². The van der Waals surface area contributed by atoms with Crippen LogP contribution in [-0.2, 0) is 20.9 Å². The number of halogens is 1. The van der Waals surface area contributed by atoms with Gasteiger partial charge in [-0.25, -0.2) is 4.79 Å². The summed E-state index contributed by atoms with van der Waals surface area (Å²) in [5, 5.41) is 8.48. The molecule has 2 rings (SSSR count). The molecule has 0 fully saturated rings. The fourth-order valence-corrected chi connectivity index (χ4v) is 2.83. The van der Waals surface area contributed by atoms with Gasteiger partial charge in [-0.2, -0.15) is 0 Å². The summed E-state index contributed by atoms with van der Waals surface area (Å²) in [6, 6.07) is 14.3. The number of carbonyl (C=O) groups excluding carboxylic acids is 3. The number of nitrogens with one attached hydrogen (secondary N) is 3. The number of anilines is 1. The van der Waals surface area contributed by atoms with E-state index in [-0.39, 0.29) is 18.4 Å². The molecule has 0 bridgehead atoms. The van der Waals surface area contributed by atoms with E-state index in [0.29, 0.717) is 42.5 Å². The summed E-state index contributed by atoms with van der Waals surface area (Å²) in [5.74, 6) is 0.150. The zero-order valence-electron chi connectivity index (χ0n) is 19.1. The fourth-order valence-electron chi connectivity index (χ4n) is 2.64. The van der Waals surface area contributed by atoms with Crippen LogP contribution in [0.5, 0.6) is 5.75 Å². The maximum atomic E-state index is 12.0. The Morgan fingerprint density at radius 1 is 0.939 bits per heavy atom. The van der Waals surface area contributed by atoms with Crippen LogP contribution in [0.3, 0.4) is 0 Å². The highest BCUT2D eigenvalue weighted by Crippen LogP contribution is 2.23. The zero-order valence-corrected chi connectivity index (χ0v) is 19.8. The summed E-state index contributed by atoms with van der Waals surface area (Å²) in [7, 11) is 0. The lowest BCUT2D eigenvalue weighted by atomic mass is 10.2. The van der Waals surface area contributed by atoms with Crippen LogP contribution in [0.4, 0.5) is 10.5 Å². The molecular weight excluding hydrogens is 446 g/mol. The van der Waals surface area contributed by atoms with E-state index in [1.54, 1.807) is 57.2 Å². The molecule has 8 nitrogen and oxygen atoms in total. The first-order valence-corrected chi connectivity index (χ1v) is 11.0. The standard InChI is InChI=1S/C24H30ClN3O5/c1-24(2,3)33-23(31)27-16-22(30)28-18-12-10-17(11-13-18)15-26-21(29)9-6-14-32-20-8-5-4-7-19(20)25/h4-5,7-8,10-13H,6,9,14-16H2,1-3H3,(H,26,29)(H,27,31)(H,28,30). The molecule has 33 heavy (non-hydrogen) atoms. The molecule has 0 aliphatic rings. The molecule has 2 aromatic rings. The van der Waals surface area contributed by atoms with Gasteiger partial charge in [0.15, 0.2) is 0 Å². The summed E-state index contributed by atoms with van der Waals surface area (Å²) in [6.07, 6.45) is 0.252. The maximum Gasteiger partial charge on any atom is 0.408 e. The van der Waals surface area contributed by atoms with E-state index in [1.807, 2.05) is 12.1 Å². The van der Waals surface area contributed by atoms with Gasteiger partial charge in [0.2, 0.25) is 11.8 Å². The van der Waals surface area contributed by atoms with E-state index < -0.39 is 11.7 Å². The summed E-state index contributed by atoms with van der Waals surface area (Å²) in [4.78, 5) is 35.6. The Balaban J connectivity index is 1.64. The maximum absolute atomic E-state index is 12.0. The number of rotatable bonds is 10. The lowest BCUT2D eigenvalue weighted by Crippen LogP contribution is -2.37. The van der Waals surface area contributed by atoms with Gasteiger partial charge in [-0.15, -0.1) is 0 Å². The third-order valence-corrected chi connectivity index (χ3v) is 4.47. The number of ether oxygens (including phenoxy) is 2. The van der Waals surface area contributed by atoms with Gasteiger partial charge in [0.25, 0.3) is 0 Å². The molecule has 9 heteroatoms. The van der Waals surface area contributed by atoms with Crippen molar-refractivity contribution in [1.82, 2.24) is 10.6 Å². The molecule has 0 atom stereocenters. The molecule has 0 heterocycles. The van der Waals surface area contributed by atoms with Crippen molar-refractivity contribution in [3.8, 4) is 5.75 Å². The largest absolute Gasteiger partial charge is 0.492 e. The van der Waals surface area contributed by atoms with Crippen molar-refractivity contribution in [2.45, 2.75) is 45.8 Å². The van der Waals surface area contributed by atoms with Gasteiger partial charge < -0.3 is 25.4 Å². The second kappa shape index (κ2) is 12.7. The van der Waals surface area contributed by atoms with Gasteiger partial charge in [0, 0.05) is 18.7 Å². The van der Waals surface area contributed by atoms with Crippen molar-refractivity contribution < 1.29 is 23.9 Å². The number of alkyl carbamates (subject to hydrolysis) is 1. The summed E-state index contributed by atoms with van der Waals surface area (Å²) in [6.45, 7) is 5.80. The Morgan fingerprint density at radius 3 is 2.30 bits per heavy atom. The van der Waals surface area contributed by atoms with Crippen LogP contribution in [0.25, 0.3) is 0 Å². The predicted molar refractivity (Wildman–Crippen MR) is 127 cm³/mol. The van der Waals surface area contributed by atoms with Crippen molar-refractivity contribution in [1.29, 1.82) is 0 Å². The van der Waals surface area contributed by atoms with Crippen molar-refractivity contribution in [2.75, 3.05) is 18.5 Å². The SMILES string of the molecule is CC(C)(C)OC(=O)NCC(=O)Nc1ccc(CNC(=O)CCCOc2ccccc2Cl)cc1. The van der Waals surface area contributed by atoms with E-state index in [9.17, 15) is 14.4 Å². The van der Waals surface area contributed by atoms with Crippen LogP contribution in [-0.4, -0.2) is 36.7 Å². The quantitative estimate of drug-likeness (QED) is 0.445. The first-order valence-electron chi connectivity index (χ1n) is 10.6. The molecular formula is C24H30ClN3O5. The molecule has 0 aliphatic carbocycles. The van der Waals surface area contributed by atoms with Crippen molar-refractivity contribution in [2.24, 2.45) is 0 Å². The van der Waals surface area contributed by atoms with Crippen molar-refractivity contribution in [3.63, 3.8) is 0 Å². The monoisotopic (exact) mass is 475 g/mol. The van der Waals surface area contributed by atoms with Crippen LogP contribution in [0, 0.1) is 0 Å².